The lowest BCUT2D eigenvalue weighted by atomic mass is 10.2. The first kappa shape index (κ1) is 13.4. The smallest absolute Gasteiger partial charge is 0.157 e. The van der Waals surface area contributed by atoms with E-state index in [0.717, 1.165) is 28.4 Å². The van der Waals surface area contributed by atoms with Crippen LogP contribution >= 0.6 is 0 Å². The van der Waals surface area contributed by atoms with Gasteiger partial charge in [-0.1, -0.05) is 12.1 Å². The average Bonchev–Trinajstić information content (AvgIpc) is 2.77. The summed E-state index contributed by atoms with van der Waals surface area (Å²) in [5, 5.41) is 14.1. The summed E-state index contributed by atoms with van der Waals surface area (Å²) < 4.78 is 1.85. The average molecular weight is 282 g/mol. The van der Waals surface area contributed by atoms with Crippen molar-refractivity contribution in [1.29, 1.82) is 0 Å². The molecule has 0 atom stereocenters. The number of benzene rings is 1. The number of fused-ring (bicyclic) bond motifs is 1. The minimum Gasteiger partial charge on any atom is -0.508 e. The Morgan fingerprint density at radius 3 is 2.71 bits per heavy atom. The number of hydrogen-bond donors (Lipinski definition) is 1. The van der Waals surface area contributed by atoms with Crippen LogP contribution in [0.4, 0.5) is 5.82 Å². The van der Waals surface area contributed by atoms with Gasteiger partial charge in [0.2, 0.25) is 0 Å². The fourth-order valence-corrected chi connectivity index (χ4v) is 2.48. The van der Waals surface area contributed by atoms with Crippen LogP contribution in [0.1, 0.15) is 17.0 Å². The number of aromatic hydroxyl groups is 1. The van der Waals surface area contributed by atoms with Crippen LogP contribution in [0.15, 0.2) is 36.4 Å². The lowest BCUT2D eigenvalue weighted by molar-refractivity contribution is 0.474. The Morgan fingerprint density at radius 1 is 1.14 bits per heavy atom. The zero-order chi connectivity index (χ0) is 15.0. The van der Waals surface area contributed by atoms with Crippen LogP contribution in [-0.4, -0.2) is 26.8 Å². The lowest BCUT2D eigenvalue weighted by Gasteiger charge is -2.20. The van der Waals surface area contributed by atoms with Crippen molar-refractivity contribution in [1.82, 2.24) is 14.6 Å². The third-order valence-corrected chi connectivity index (χ3v) is 3.38. The molecule has 0 bridgehead atoms. The Labute approximate surface area is 123 Å². The van der Waals surface area contributed by atoms with Gasteiger partial charge in [-0.3, -0.25) is 0 Å². The zero-order valence-corrected chi connectivity index (χ0v) is 12.4. The first-order valence-electron chi connectivity index (χ1n) is 6.86. The van der Waals surface area contributed by atoms with E-state index in [1.807, 2.05) is 49.7 Å². The highest BCUT2D eigenvalue weighted by molar-refractivity contribution is 5.51. The van der Waals surface area contributed by atoms with Gasteiger partial charge in [-0.2, -0.15) is 9.61 Å². The number of phenols is 1. The van der Waals surface area contributed by atoms with Crippen LogP contribution in [0.25, 0.3) is 5.65 Å². The Bertz CT molecular complexity index is 794. The summed E-state index contributed by atoms with van der Waals surface area (Å²) in [5.74, 6) is 1.26. The molecule has 0 aliphatic rings. The van der Waals surface area contributed by atoms with Crippen LogP contribution in [0.3, 0.4) is 0 Å². The fraction of sp³-hybridized carbons (Fsp3) is 0.250. The number of nitrogens with zero attached hydrogens (tertiary/aromatic N) is 4. The number of aromatic nitrogens is 3. The number of hydrogen-bond acceptors (Lipinski definition) is 4. The van der Waals surface area contributed by atoms with E-state index < -0.39 is 0 Å². The molecule has 0 aliphatic carbocycles. The maximum atomic E-state index is 9.57. The second-order valence-corrected chi connectivity index (χ2v) is 5.34. The Balaban J connectivity index is 1.99. The molecule has 0 saturated heterocycles. The highest BCUT2D eigenvalue weighted by atomic mass is 16.3. The summed E-state index contributed by atoms with van der Waals surface area (Å²) in [7, 11) is 2.01. The molecule has 5 nitrogen and oxygen atoms in total. The van der Waals surface area contributed by atoms with Crippen molar-refractivity contribution in [3.63, 3.8) is 0 Å². The van der Waals surface area contributed by atoms with Gasteiger partial charge in [-0.15, -0.1) is 0 Å². The molecule has 1 N–H and O–H groups in total. The molecule has 0 fully saturated rings. The molecule has 0 radical (unpaired) electrons. The van der Waals surface area contributed by atoms with Crippen molar-refractivity contribution in [3.8, 4) is 5.75 Å². The monoisotopic (exact) mass is 282 g/mol. The molecular formula is C16H18N4O. The second-order valence-electron chi connectivity index (χ2n) is 5.34. The van der Waals surface area contributed by atoms with Crippen molar-refractivity contribution < 1.29 is 5.11 Å². The molecule has 21 heavy (non-hydrogen) atoms. The van der Waals surface area contributed by atoms with Crippen LogP contribution in [-0.2, 0) is 6.54 Å². The Hall–Kier alpha value is -2.56. The normalized spacial score (nSPS) is 11.0. The molecule has 0 unspecified atom stereocenters. The van der Waals surface area contributed by atoms with Gasteiger partial charge in [0.05, 0.1) is 5.69 Å². The summed E-state index contributed by atoms with van der Waals surface area (Å²) >= 11 is 0. The van der Waals surface area contributed by atoms with Crippen molar-refractivity contribution >= 4 is 11.5 Å². The summed E-state index contributed by atoms with van der Waals surface area (Å²) in [4.78, 5) is 6.59. The molecule has 5 heteroatoms. The molecule has 0 spiro atoms. The first-order chi connectivity index (χ1) is 10.0. The zero-order valence-electron chi connectivity index (χ0n) is 12.4. The number of phenolic OH excluding ortho intramolecular Hbond substituents is 1. The van der Waals surface area contributed by atoms with Gasteiger partial charge < -0.3 is 10.0 Å². The lowest BCUT2D eigenvalue weighted by Crippen LogP contribution is -2.20. The first-order valence-corrected chi connectivity index (χ1v) is 6.86. The largest absolute Gasteiger partial charge is 0.508 e. The van der Waals surface area contributed by atoms with Gasteiger partial charge in [0.15, 0.2) is 5.65 Å². The molecule has 0 aliphatic heterocycles. The van der Waals surface area contributed by atoms with Gasteiger partial charge >= 0.3 is 0 Å². The van der Waals surface area contributed by atoms with E-state index in [-0.39, 0.29) is 5.75 Å². The molecule has 2 aromatic heterocycles. The SMILES string of the molecule is Cc1cc(N(C)Cc2cccc(O)c2)n2nc(C)cc2n1. The molecule has 1 aromatic carbocycles. The van der Waals surface area contributed by atoms with E-state index in [1.54, 1.807) is 12.1 Å². The minimum absolute atomic E-state index is 0.284. The number of rotatable bonds is 3. The molecule has 0 amide bonds. The minimum atomic E-state index is 0.284. The van der Waals surface area contributed by atoms with Gasteiger partial charge in [0, 0.05) is 31.4 Å². The van der Waals surface area contributed by atoms with Gasteiger partial charge in [-0.05, 0) is 31.5 Å². The van der Waals surface area contributed by atoms with Crippen molar-refractivity contribution in [2.75, 3.05) is 11.9 Å². The van der Waals surface area contributed by atoms with Crippen molar-refractivity contribution in [2.45, 2.75) is 20.4 Å². The highest BCUT2D eigenvalue weighted by Crippen LogP contribution is 2.20. The third-order valence-electron chi connectivity index (χ3n) is 3.38. The number of anilines is 1. The maximum absolute atomic E-state index is 9.57. The second kappa shape index (κ2) is 5.09. The Kier molecular flexibility index (Phi) is 3.25. The fourth-order valence-electron chi connectivity index (χ4n) is 2.48. The molecule has 108 valence electrons. The van der Waals surface area contributed by atoms with E-state index in [2.05, 4.69) is 15.0 Å². The van der Waals surface area contributed by atoms with E-state index >= 15 is 0 Å². The maximum Gasteiger partial charge on any atom is 0.157 e. The topological polar surface area (TPSA) is 53.7 Å². The summed E-state index contributed by atoms with van der Waals surface area (Å²) in [6, 6.07) is 11.3. The standard InChI is InChI=1S/C16H18N4O/c1-11-8-16(20-15(17-11)7-12(2)18-20)19(3)10-13-5-4-6-14(21)9-13/h4-9,21H,10H2,1-3H3. The summed E-state index contributed by atoms with van der Waals surface area (Å²) in [6.45, 7) is 4.63. The van der Waals surface area contributed by atoms with Crippen LogP contribution in [0.2, 0.25) is 0 Å². The van der Waals surface area contributed by atoms with Crippen molar-refractivity contribution in [2.24, 2.45) is 0 Å². The summed E-state index contributed by atoms with van der Waals surface area (Å²) in [5.41, 5.74) is 3.80. The highest BCUT2D eigenvalue weighted by Gasteiger charge is 2.11. The van der Waals surface area contributed by atoms with E-state index in [4.69, 9.17) is 0 Å². The van der Waals surface area contributed by atoms with E-state index in [0.29, 0.717) is 6.54 Å². The van der Waals surface area contributed by atoms with Crippen molar-refractivity contribution in [3.05, 3.63) is 53.3 Å². The third kappa shape index (κ3) is 2.67. The van der Waals surface area contributed by atoms with E-state index in [9.17, 15) is 5.11 Å². The van der Waals surface area contributed by atoms with Crippen LogP contribution < -0.4 is 4.90 Å². The quantitative estimate of drug-likeness (QED) is 0.802. The molecule has 0 saturated carbocycles. The van der Waals surface area contributed by atoms with Gasteiger partial charge in [0.25, 0.3) is 0 Å². The number of aryl methyl sites for hydroxylation is 2. The van der Waals surface area contributed by atoms with Crippen LogP contribution in [0, 0.1) is 13.8 Å². The summed E-state index contributed by atoms with van der Waals surface area (Å²) in [6.07, 6.45) is 0. The molecular weight excluding hydrogens is 264 g/mol. The molecule has 3 aromatic rings. The predicted molar refractivity (Wildman–Crippen MR) is 82.7 cm³/mol. The van der Waals surface area contributed by atoms with Gasteiger partial charge in [-0.25, -0.2) is 4.98 Å². The Morgan fingerprint density at radius 2 is 1.95 bits per heavy atom. The van der Waals surface area contributed by atoms with Gasteiger partial charge in [0.1, 0.15) is 11.6 Å². The predicted octanol–water partition coefficient (Wildman–Crippen LogP) is 2.69. The molecule has 2 heterocycles. The van der Waals surface area contributed by atoms with E-state index in [1.165, 1.54) is 0 Å². The van der Waals surface area contributed by atoms with Crippen LogP contribution in [0.5, 0.6) is 5.75 Å². The molecule has 3 rings (SSSR count).